The molecule has 1 rings (SSSR count). The molecular weight excluding hydrogens is 262 g/mol. The van der Waals surface area contributed by atoms with Crippen molar-refractivity contribution < 1.29 is 14.3 Å². The number of amides is 1. The number of ether oxygens (including phenoxy) is 2. The van der Waals surface area contributed by atoms with E-state index in [-0.39, 0.29) is 5.91 Å². The number of carbonyl (C=O) groups excluding carboxylic acids is 1. The first-order valence-electron chi connectivity index (χ1n) is 4.27. The number of methoxy groups -OCH3 is 2. The molecular formula is C10H12BrNO3. The zero-order valence-electron chi connectivity index (χ0n) is 8.76. The lowest BCUT2D eigenvalue weighted by molar-refractivity contribution is -0.114. The third kappa shape index (κ3) is 2.86. The lowest BCUT2D eigenvalue weighted by atomic mass is 10.2. The molecule has 0 aliphatic rings. The number of halogens is 1. The number of anilines is 1. The van der Waals surface area contributed by atoms with Gasteiger partial charge in [-0.3, -0.25) is 4.79 Å². The van der Waals surface area contributed by atoms with E-state index in [1.165, 1.54) is 6.92 Å². The molecule has 0 spiro atoms. The summed E-state index contributed by atoms with van der Waals surface area (Å²) in [5.41, 5.74) is 0.653. The quantitative estimate of drug-likeness (QED) is 0.920. The summed E-state index contributed by atoms with van der Waals surface area (Å²) in [5.74, 6) is 1.05. The largest absolute Gasteiger partial charge is 0.493 e. The fourth-order valence-electron chi connectivity index (χ4n) is 1.14. The van der Waals surface area contributed by atoms with Crippen LogP contribution >= 0.6 is 15.9 Å². The van der Waals surface area contributed by atoms with Crippen LogP contribution in [-0.2, 0) is 4.79 Å². The molecule has 82 valence electrons. The van der Waals surface area contributed by atoms with Crippen molar-refractivity contribution in [3.8, 4) is 11.5 Å². The Balaban J connectivity index is 3.13. The van der Waals surface area contributed by atoms with Gasteiger partial charge >= 0.3 is 0 Å². The van der Waals surface area contributed by atoms with Crippen molar-refractivity contribution in [2.45, 2.75) is 6.92 Å². The highest BCUT2D eigenvalue weighted by molar-refractivity contribution is 9.10. The van der Waals surface area contributed by atoms with Crippen molar-refractivity contribution in [1.82, 2.24) is 0 Å². The molecule has 0 bridgehead atoms. The maximum absolute atomic E-state index is 10.9. The molecule has 5 heteroatoms. The molecule has 0 aromatic heterocycles. The standard InChI is InChI=1S/C10H12BrNO3/c1-6(13)12-8-5-10(15-3)9(14-2)4-7(8)11/h4-5H,1-3H3,(H,12,13). The van der Waals surface area contributed by atoms with Crippen LogP contribution in [0.1, 0.15) is 6.92 Å². The summed E-state index contributed by atoms with van der Waals surface area (Å²) >= 11 is 3.33. The Labute approximate surface area is 96.7 Å². The van der Waals surface area contributed by atoms with Gasteiger partial charge < -0.3 is 14.8 Å². The molecule has 15 heavy (non-hydrogen) atoms. The van der Waals surface area contributed by atoms with Crippen molar-refractivity contribution in [1.29, 1.82) is 0 Å². The monoisotopic (exact) mass is 273 g/mol. The van der Waals surface area contributed by atoms with E-state index in [9.17, 15) is 4.79 Å². The highest BCUT2D eigenvalue weighted by Gasteiger charge is 2.09. The molecule has 0 aliphatic carbocycles. The molecule has 0 atom stereocenters. The lowest BCUT2D eigenvalue weighted by Gasteiger charge is -2.11. The minimum Gasteiger partial charge on any atom is -0.493 e. The minimum atomic E-state index is -0.136. The van der Waals surface area contributed by atoms with Crippen LogP contribution in [0.25, 0.3) is 0 Å². The molecule has 0 radical (unpaired) electrons. The zero-order chi connectivity index (χ0) is 11.4. The van der Waals surface area contributed by atoms with E-state index >= 15 is 0 Å². The molecule has 0 heterocycles. The second-order valence-corrected chi connectivity index (χ2v) is 3.72. The van der Waals surface area contributed by atoms with Crippen LogP contribution in [0.5, 0.6) is 11.5 Å². The fraction of sp³-hybridized carbons (Fsp3) is 0.300. The molecule has 0 unspecified atom stereocenters. The Morgan fingerprint density at radius 1 is 1.27 bits per heavy atom. The molecule has 0 saturated carbocycles. The second kappa shape index (κ2) is 5.02. The Bertz CT molecular complexity index is 379. The van der Waals surface area contributed by atoms with Crippen molar-refractivity contribution in [2.75, 3.05) is 19.5 Å². The van der Waals surface area contributed by atoms with Crippen molar-refractivity contribution in [3.63, 3.8) is 0 Å². The number of carbonyl (C=O) groups is 1. The second-order valence-electron chi connectivity index (χ2n) is 2.87. The van der Waals surface area contributed by atoms with E-state index in [0.717, 1.165) is 4.47 Å². The van der Waals surface area contributed by atoms with Gasteiger partial charge in [0, 0.05) is 23.5 Å². The molecule has 1 amide bonds. The molecule has 0 saturated heterocycles. The SMILES string of the molecule is COc1cc(Br)c(NC(C)=O)cc1OC. The summed E-state index contributed by atoms with van der Waals surface area (Å²) in [6.07, 6.45) is 0. The Kier molecular flexibility index (Phi) is 3.96. The van der Waals surface area contributed by atoms with Crippen LogP contribution in [0.3, 0.4) is 0 Å². The summed E-state index contributed by atoms with van der Waals surface area (Å²) in [5, 5.41) is 2.68. The van der Waals surface area contributed by atoms with E-state index in [1.54, 1.807) is 26.4 Å². The third-order valence-corrected chi connectivity index (χ3v) is 2.44. The number of nitrogens with one attached hydrogen (secondary N) is 1. The number of rotatable bonds is 3. The van der Waals surface area contributed by atoms with Crippen LogP contribution < -0.4 is 14.8 Å². The Hall–Kier alpha value is -1.23. The zero-order valence-corrected chi connectivity index (χ0v) is 10.3. The van der Waals surface area contributed by atoms with Crippen molar-refractivity contribution in [2.24, 2.45) is 0 Å². The maximum atomic E-state index is 10.9. The first-order chi connectivity index (χ1) is 7.08. The topological polar surface area (TPSA) is 47.6 Å². The highest BCUT2D eigenvalue weighted by atomic mass is 79.9. The molecule has 1 aromatic carbocycles. The van der Waals surface area contributed by atoms with Crippen LogP contribution in [0.4, 0.5) is 5.69 Å². The first-order valence-corrected chi connectivity index (χ1v) is 5.07. The van der Waals surface area contributed by atoms with Gasteiger partial charge in [0.15, 0.2) is 11.5 Å². The van der Waals surface area contributed by atoms with Gasteiger partial charge in [-0.15, -0.1) is 0 Å². The Morgan fingerprint density at radius 2 is 1.80 bits per heavy atom. The van der Waals surface area contributed by atoms with E-state index in [1.807, 2.05) is 0 Å². The molecule has 1 N–H and O–H groups in total. The third-order valence-electron chi connectivity index (χ3n) is 1.78. The van der Waals surface area contributed by atoms with Crippen molar-refractivity contribution >= 4 is 27.5 Å². The summed E-state index contributed by atoms with van der Waals surface area (Å²) in [6, 6.07) is 3.44. The van der Waals surface area contributed by atoms with Crippen LogP contribution in [0.15, 0.2) is 16.6 Å². The van der Waals surface area contributed by atoms with E-state index in [0.29, 0.717) is 17.2 Å². The predicted octanol–water partition coefficient (Wildman–Crippen LogP) is 2.42. The van der Waals surface area contributed by atoms with Gasteiger partial charge in [-0.1, -0.05) is 0 Å². The van der Waals surface area contributed by atoms with Crippen LogP contribution in [0.2, 0.25) is 0 Å². The van der Waals surface area contributed by atoms with E-state index in [4.69, 9.17) is 9.47 Å². The summed E-state index contributed by atoms with van der Waals surface area (Å²) in [4.78, 5) is 10.9. The highest BCUT2D eigenvalue weighted by Crippen LogP contribution is 2.36. The normalized spacial score (nSPS) is 9.60. The molecule has 4 nitrogen and oxygen atoms in total. The summed E-state index contributed by atoms with van der Waals surface area (Å²) in [7, 11) is 3.10. The summed E-state index contributed by atoms with van der Waals surface area (Å²) in [6.45, 7) is 1.45. The van der Waals surface area contributed by atoms with Crippen LogP contribution in [-0.4, -0.2) is 20.1 Å². The number of hydrogen-bond donors (Lipinski definition) is 1. The van der Waals surface area contributed by atoms with Gasteiger partial charge in [0.25, 0.3) is 0 Å². The Morgan fingerprint density at radius 3 is 2.27 bits per heavy atom. The number of hydrogen-bond acceptors (Lipinski definition) is 3. The first kappa shape index (κ1) is 11.8. The van der Waals surface area contributed by atoms with Gasteiger partial charge in [-0.05, 0) is 15.9 Å². The van der Waals surface area contributed by atoms with Gasteiger partial charge in [-0.25, -0.2) is 0 Å². The average Bonchev–Trinajstić information content (AvgIpc) is 2.19. The molecule has 1 aromatic rings. The predicted molar refractivity (Wildman–Crippen MR) is 61.5 cm³/mol. The van der Waals surface area contributed by atoms with Gasteiger partial charge in [0.2, 0.25) is 5.91 Å². The minimum absolute atomic E-state index is 0.136. The average molecular weight is 274 g/mol. The summed E-state index contributed by atoms with van der Waals surface area (Å²) < 4.78 is 11.0. The van der Waals surface area contributed by atoms with Gasteiger partial charge in [0.1, 0.15) is 0 Å². The maximum Gasteiger partial charge on any atom is 0.221 e. The molecule has 0 aliphatic heterocycles. The number of benzene rings is 1. The van der Waals surface area contributed by atoms with Gasteiger partial charge in [0.05, 0.1) is 19.9 Å². The van der Waals surface area contributed by atoms with Crippen molar-refractivity contribution in [3.05, 3.63) is 16.6 Å². The molecule has 0 fully saturated rings. The van der Waals surface area contributed by atoms with Crippen LogP contribution in [0, 0.1) is 0 Å². The lowest BCUT2D eigenvalue weighted by Crippen LogP contribution is -2.06. The van der Waals surface area contributed by atoms with E-state index in [2.05, 4.69) is 21.2 Å². The van der Waals surface area contributed by atoms with E-state index < -0.39 is 0 Å². The fourth-order valence-corrected chi connectivity index (χ4v) is 1.56. The smallest absolute Gasteiger partial charge is 0.221 e. The van der Waals surface area contributed by atoms with Gasteiger partial charge in [-0.2, -0.15) is 0 Å².